The third-order valence-corrected chi connectivity index (χ3v) is 4.49. The highest BCUT2D eigenvalue weighted by atomic mass is 32.1. The Morgan fingerprint density at radius 2 is 2.00 bits per heavy atom. The topological polar surface area (TPSA) is 38.0 Å². The van der Waals surface area contributed by atoms with E-state index in [4.69, 9.17) is 18.0 Å². The van der Waals surface area contributed by atoms with Crippen molar-refractivity contribution in [3.05, 3.63) is 29.3 Å². The van der Waals surface area contributed by atoms with Gasteiger partial charge in [-0.3, -0.25) is 0 Å². The second-order valence-corrected chi connectivity index (χ2v) is 6.56. The fraction of sp³-hybridized carbons (Fsp3) is 0.562. The van der Waals surface area contributed by atoms with Gasteiger partial charge >= 0.3 is 0 Å². The van der Waals surface area contributed by atoms with Crippen molar-refractivity contribution in [2.24, 2.45) is 11.1 Å². The van der Waals surface area contributed by atoms with Crippen LogP contribution < -0.4 is 11.1 Å². The summed E-state index contributed by atoms with van der Waals surface area (Å²) in [6.07, 6.45) is 6.82. The van der Waals surface area contributed by atoms with Crippen LogP contribution in [0, 0.1) is 12.3 Å². The summed E-state index contributed by atoms with van der Waals surface area (Å²) < 4.78 is 0. The molecule has 0 radical (unpaired) electrons. The quantitative estimate of drug-likeness (QED) is 0.816. The maximum atomic E-state index is 5.69. The lowest BCUT2D eigenvalue weighted by Gasteiger charge is -2.34. The van der Waals surface area contributed by atoms with Gasteiger partial charge in [-0.1, -0.05) is 38.4 Å². The van der Waals surface area contributed by atoms with Crippen molar-refractivity contribution < 1.29 is 0 Å². The fourth-order valence-electron chi connectivity index (χ4n) is 2.95. The number of nitrogens with one attached hydrogen (secondary N) is 1. The van der Waals surface area contributed by atoms with E-state index in [-0.39, 0.29) is 0 Å². The maximum absolute atomic E-state index is 5.69. The lowest BCUT2D eigenvalue weighted by molar-refractivity contribution is 0.233. The molecule has 0 saturated heterocycles. The Bertz CT molecular complexity index is 462. The van der Waals surface area contributed by atoms with Gasteiger partial charge in [0.1, 0.15) is 4.99 Å². The van der Waals surface area contributed by atoms with E-state index >= 15 is 0 Å². The molecule has 1 aliphatic carbocycles. The van der Waals surface area contributed by atoms with E-state index in [1.807, 2.05) is 6.07 Å². The minimum Gasteiger partial charge on any atom is -0.389 e. The predicted octanol–water partition coefficient (Wildman–Crippen LogP) is 4.01. The van der Waals surface area contributed by atoms with Crippen LogP contribution in [0.15, 0.2) is 18.2 Å². The molecule has 0 amide bonds. The number of thiocarbonyl (C=S) groups is 1. The average molecular weight is 276 g/mol. The predicted molar refractivity (Wildman–Crippen MR) is 86.7 cm³/mol. The molecule has 0 atom stereocenters. The normalized spacial score (nSPS) is 18.0. The standard InChI is InChI=1S/C16H24N2S/c1-12-10-13(6-7-14(12)15(17)19)18-11-16(2)8-4-3-5-9-16/h6-7,10,18H,3-5,8-9,11H2,1-2H3,(H2,17,19). The summed E-state index contributed by atoms with van der Waals surface area (Å²) in [5.41, 5.74) is 9.43. The Kier molecular flexibility index (Phi) is 4.46. The van der Waals surface area contributed by atoms with Crippen molar-refractivity contribution >= 4 is 22.9 Å². The van der Waals surface area contributed by atoms with Gasteiger partial charge in [0.15, 0.2) is 0 Å². The van der Waals surface area contributed by atoms with E-state index in [0.29, 0.717) is 10.4 Å². The van der Waals surface area contributed by atoms with Crippen LogP contribution >= 0.6 is 12.2 Å². The summed E-state index contributed by atoms with van der Waals surface area (Å²) >= 11 is 5.03. The second-order valence-electron chi connectivity index (χ2n) is 6.12. The van der Waals surface area contributed by atoms with Gasteiger partial charge in [0, 0.05) is 17.8 Å². The molecule has 0 bridgehead atoms. The third-order valence-electron chi connectivity index (χ3n) is 4.27. The van der Waals surface area contributed by atoms with Crippen LogP contribution in [0.5, 0.6) is 0 Å². The number of hydrogen-bond donors (Lipinski definition) is 2. The monoisotopic (exact) mass is 276 g/mol. The summed E-state index contributed by atoms with van der Waals surface area (Å²) in [5, 5.41) is 3.58. The Morgan fingerprint density at radius 1 is 1.32 bits per heavy atom. The molecule has 1 aromatic carbocycles. The first-order valence-electron chi connectivity index (χ1n) is 7.15. The first-order valence-corrected chi connectivity index (χ1v) is 7.55. The molecule has 2 rings (SSSR count). The molecule has 3 heteroatoms. The smallest absolute Gasteiger partial charge is 0.104 e. The molecule has 0 heterocycles. The Morgan fingerprint density at radius 3 is 2.58 bits per heavy atom. The number of rotatable bonds is 4. The molecule has 0 aromatic heterocycles. The lowest BCUT2D eigenvalue weighted by Crippen LogP contribution is -2.28. The Balaban J connectivity index is 2.00. The molecule has 3 N–H and O–H groups in total. The number of anilines is 1. The van der Waals surface area contributed by atoms with Gasteiger partial charge in [-0.05, 0) is 48.9 Å². The number of nitrogens with two attached hydrogens (primary N) is 1. The highest BCUT2D eigenvalue weighted by molar-refractivity contribution is 7.80. The molecule has 0 aliphatic heterocycles. The SMILES string of the molecule is Cc1cc(NCC2(C)CCCCC2)ccc1C(N)=S. The van der Waals surface area contributed by atoms with Crippen LogP contribution in [-0.2, 0) is 0 Å². The number of hydrogen-bond acceptors (Lipinski definition) is 2. The lowest BCUT2D eigenvalue weighted by atomic mass is 9.76. The molecule has 19 heavy (non-hydrogen) atoms. The number of aryl methyl sites for hydroxylation is 1. The Labute approximate surface area is 121 Å². The summed E-state index contributed by atoms with van der Waals surface area (Å²) in [6.45, 7) is 5.51. The van der Waals surface area contributed by atoms with Crippen molar-refractivity contribution in [2.75, 3.05) is 11.9 Å². The molecule has 1 aromatic rings. The largest absolute Gasteiger partial charge is 0.389 e. The zero-order valence-electron chi connectivity index (χ0n) is 12.0. The van der Waals surface area contributed by atoms with Crippen LogP contribution in [0.25, 0.3) is 0 Å². The fourth-order valence-corrected chi connectivity index (χ4v) is 3.18. The van der Waals surface area contributed by atoms with Gasteiger partial charge in [0.25, 0.3) is 0 Å². The molecule has 104 valence electrons. The van der Waals surface area contributed by atoms with E-state index < -0.39 is 0 Å². The molecule has 2 nitrogen and oxygen atoms in total. The second kappa shape index (κ2) is 5.91. The average Bonchev–Trinajstić information content (AvgIpc) is 2.37. The van der Waals surface area contributed by atoms with Gasteiger partial charge in [-0.15, -0.1) is 0 Å². The molecule has 1 fully saturated rings. The summed E-state index contributed by atoms with van der Waals surface area (Å²) in [5.74, 6) is 0. The van der Waals surface area contributed by atoms with E-state index in [0.717, 1.165) is 17.7 Å². The minimum atomic E-state index is 0.452. The van der Waals surface area contributed by atoms with Crippen molar-refractivity contribution in [3.8, 4) is 0 Å². The molecular formula is C16H24N2S. The Hall–Kier alpha value is -1.09. The van der Waals surface area contributed by atoms with Gasteiger partial charge < -0.3 is 11.1 Å². The summed E-state index contributed by atoms with van der Waals surface area (Å²) in [7, 11) is 0. The van der Waals surface area contributed by atoms with E-state index in [1.165, 1.54) is 37.8 Å². The van der Waals surface area contributed by atoms with Crippen LogP contribution in [0.2, 0.25) is 0 Å². The zero-order valence-corrected chi connectivity index (χ0v) is 12.8. The molecule has 1 saturated carbocycles. The molecule has 1 aliphatic rings. The zero-order chi connectivity index (χ0) is 13.9. The van der Waals surface area contributed by atoms with Gasteiger partial charge in [0.05, 0.1) is 0 Å². The van der Waals surface area contributed by atoms with E-state index in [9.17, 15) is 0 Å². The van der Waals surface area contributed by atoms with Crippen LogP contribution in [0.3, 0.4) is 0 Å². The van der Waals surface area contributed by atoms with Gasteiger partial charge in [0.2, 0.25) is 0 Å². The molecular weight excluding hydrogens is 252 g/mol. The van der Waals surface area contributed by atoms with Crippen molar-refractivity contribution in [1.29, 1.82) is 0 Å². The number of benzene rings is 1. The third kappa shape index (κ3) is 3.69. The van der Waals surface area contributed by atoms with Gasteiger partial charge in [-0.2, -0.15) is 0 Å². The van der Waals surface area contributed by atoms with Crippen LogP contribution in [0.1, 0.15) is 50.2 Å². The van der Waals surface area contributed by atoms with Crippen molar-refractivity contribution in [2.45, 2.75) is 46.0 Å². The summed E-state index contributed by atoms with van der Waals surface area (Å²) in [4.78, 5) is 0.475. The van der Waals surface area contributed by atoms with Crippen LogP contribution in [-0.4, -0.2) is 11.5 Å². The van der Waals surface area contributed by atoms with Crippen molar-refractivity contribution in [3.63, 3.8) is 0 Å². The van der Waals surface area contributed by atoms with E-state index in [1.54, 1.807) is 0 Å². The van der Waals surface area contributed by atoms with Gasteiger partial charge in [-0.25, -0.2) is 0 Å². The summed E-state index contributed by atoms with van der Waals surface area (Å²) in [6, 6.07) is 6.23. The molecule has 0 unspecified atom stereocenters. The minimum absolute atomic E-state index is 0.452. The maximum Gasteiger partial charge on any atom is 0.104 e. The highest BCUT2D eigenvalue weighted by Gasteiger charge is 2.26. The van der Waals surface area contributed by atoms with E-state index in [2.05, 4.69) is 31.3 Å². The highest BCUT2D eigenvalue weighted by Crippen LogP contribution is 2.35. The van der Waals surface area contributed by atoms with Crippen molar-refractivity contribution in [1.82, 2.24) is 0 Å². The van der Waals surface area contributed by atoms with Crippen LogP contribution in [0.4, 0.5) is 5.69 Å². The molecule has 0 spiro atoms. The first-order chi connectivity index (χ1) is 9.00. The first kappa shape index (κ1) is 14.3.